The van der Waals surface area contributed by atoms with Crippen molar-refractivity contribution < 1.29 is 12.8 Å². The average Bonchev–Trinajstić information content (AvgIpc) is 3.16. The Morgan fingerprint density at radius 2 is 1.69 bits per heavy atom. The number of aryl methyl sites for hydroxylation is 2. The highest BCUT2D eigenvalue weighted by Gasteiger charge is 2.30. The van der Waals surface area contributed by atoms with Crippen LogP contribution in [0.5, 0.6) is 0 Å². The molecular formula is C19H21FN6O2S. The smallest absolute Gasteiger partial charge is 0.243 e. The first-order valence-corrected chi connectivity index (χ1v) is 10.6. The van der Waals surface area contributed by atoms with Gasteiger partial charge in [-0.25, -0.2) is 27.8 Å². The normalized spacial score (nSPS) is 15.6. The summed E-state index contributed by atoms with van der Waals surface area (Å²) in [6, 6.07) is 5.69. The molecule has 2 aromatic heterocycles. The summed E-state index contributed by atoms with van der Waals surface area (Å²) in [6.07, 6.45) is 5.02. The van der Waals surface area contributed by atoms with Gasteiger partial charge in [-0.1, -0.05) is 6.07 Å². The molecule has 8 nitrogen and oxygen atoms in total. The van der Waals surface area contributed by atoms with E-state index in [0.717, 1.165) is 17.7 Å². The average molecular weight is 416 g/mol. The van der Waals surface area contributed by atoms with Crippen LogP contribution in [-0.2, 0) is 10.0 Å². The standard InChI is InChI=1S/C19H21FN6O2S/c1-14-3-4-16(20)11-17(14)29(27,28)25-9-7-24(8-10-25)18-12-19(23-13-22-18)26-6-5-21-15(26)2/h3-6,11-13H,7-10H2,1-2H3. The van der Waals surface area contributed by atoms with E-state index in [4.69, 9.17) is 0 Å². The molecule has 1 aromatic carbocycles. The van der Waals surface area contributed by atoms with Gasteiger partial charge in [-0.05, 0) is 31.5 Å². The third kappa shape index (κ3) is 3.73. The number of rotatable bonds is 4. The fraction of sp³-hybridized carbons (Fsp3) is 0.316. The second-order valence-corrected chi connectivity index (χ2v) is 8.79. The molecule has 10 heteroatoms. The first-order valence-electron chi connectivity index (χ1n) is 9.20. The highest BCUT2D eigenvalue weighted by Crippen LogP contribution is 2.24. The van der Waals surface area contributed by atoms with Crippen LogP contribution in [-0.4, -0.2) is 58.4 Å². The van der Waals surface area contributed by atoms with Crippen molar-refractivity contribution in [1.29, 1.82) is 0 Å². The second kappa shape index (κ2) is 7.53. The fourth-order valence-electron chi connectivity index (χ4n) is 3.41. The van der Waals surface area contributed by atoms with Gasteiger partial charge in [0, 0.05) is 44.6 Å². The van der Waals surface area contributed by atoms with E-state index in [1.165, 1.54) is 22.8 Å². The SMILES string of the molecule is Cc1ccc(F)cc1S(=O)(=O)N1CCN(c2cc(-n3ccnc3C)ncn2)CC1. The molecule has 0 atom stereocenters. The van der Waals surface area contributed by atoms with E-state index in [2.05, 4.69) is 15.0 Å². The molecule has 0 aliphatic carbocycles. The molecule has 4 rings (SSSR count). The molecule has 0 bridgehead atoms. The molecule has 1 aliphatic rings. The summed E-state index contributed by atoms with van der Waals surface area (Å²) < 4.78 is 42.8. The quantitative estimate of drug-likeness (QED) is 0.646. The Bertz CT molecular complexity index is 1140. The molecule has 0 unspecified atom stereocenters. The van der Waals surface area contributed by atoms with Gasteiger partial charge >= 0.3 is 0 Å². The molecule has 0 spiro atoms. The number of nitrogens with zero attached hydrogens (tertiary/aromatic N) is 6. The maximum absolute atomic E-state index is 13.6. The largest absolute Gasteiger partial charge is 0.354 e. The third-order valence-corrected chi connectivity index (χ3v) is 7.08. The minimum atomic E-state index is -3.75. The number of hydrogen-bond acceptors (Lipinski definition) is 6. The minimum absolute atomic E-state index is 0.0193. The number of aromatic nitrogens is 4. The van der Waals surface area contributed by atoms with E-state index < -0.39 is 15.8 Å². The summed E-state index contributed by atoms with van der Waals surface area (Å²) >= 11 is 0. The Morgan fingerprint density at radius 1 is 0.966 bits per heavy atom. The van der Waals surface area contributed by atoms with E-state index >= 15 is 0 Å². The number of piperazine rings is 1. The van der Waals surface area contributed by atoms with Crippen LogP contribution >= 0.6 is 0 Å². The van der Waals surface area contributed by atoms with Gasteiger partial charge in [0.2, 0.25) is 10.0 Å². The Labute approximate surface area is 168 Å². The van der Waals surface area contributed by atoms with Crippen LogP contribution in [0.15, 0.2) is 47.9 Å². The Hall–Kier alpha value is -2.85. The van der Waals surface area contributed by atoms with E-state index in [0.29, 0.717) is 37.6 Å². The molecule has 3 heterocycles. The van der Waals surface area contributed by atoms with Gasteiger partial charge in [0.05, 0.1) is 4.90 Å². The van der Waals surface area contributed by atoms with Gasteiger partial charge in [0.1, 0.15) is 29.6 Å². The van der Waals surface area contributed by atoms with Gasteiger partial charge in [-0.15, -0.1) is 0 Å². The maximum atomic E-state index is 13.6. The number of benzene rings is 1. The maximum Gasteiger partial charge on any atom is 0.243 e. The van der Waals surface area contributed by atoms with E-state index in [1.807, 2.05) is 28.7 Å². The number of imidazole rings is 1. The van der Waals surface area contributed by atoms with Gasteiger partial charge in [0.25, 0.3) is 0 Å². The first-order chi connectivity index (χ1) is 13.9. The number of anilines is 1. The summed E-state index contributed by atoms with van der Waals surface area (Å²) in [5, 5.41) is 0. The van der Waals surface area contributed by atoms with Crippen molar-refractivity contribution in [2.75, 3.05) is 31.1 Å². The van der Waals surface area contributed by atoms with Crippen molar-refractivity contribution in [3.05, 3.63) is 60.2 Å². The van der Waals surface area contributed by atoms with Crippen molar-refractivity contribution in [2.24, 2.45) is 0 Å². The van der Waals surface area contributed by atoms with Gasteiger partial charge in [-0.3, -0.25) is 4.57 Å². The topological polar surface area (TPSA) is 84.2 Å². The van der Waals surface area contributed by atoms with Crippen LogP contribution in [0.1, 0.15) is 11.4 Å². The van der Waals surface area contributed by atoms with Crippen LogP contribution in [0, 0.1) is 19.7 Å². The van der Waals surface area contributed by atoms with Crippen LogP contribution < -0.4 is 4.90 Å². The van der Waals surface area contributed by atoms with Crippen molar-refractivity contribution in [1.82, 2.24) is 23.8 Å². The summed E-state index contributed by atoms with van der Waals surface area (Å²) in [6.45, 7) is 5.10. The molecule has 29 heavy (non-hydrogen) atoms. The predicted octanol–water partition coefficient (Wildman–Crippen LogP) is 1.93. The van der Waals surface area contributed by atoms with Gasteiger partial charge in [-0.2, -0.15) is 4.31 Å². The zero-order valence-corrected chi connectivity index (χ0v) is 17.0. The Balaban J connectivity index is 1.51. The van der Waals surface area contributed by atoms with Crippen molar-refractivity contribution >= 4 is 15.8 Å². The van der Waals surface area contributed by atoms with Crippen molar-refractivity contribution in [3.8, 4) is 5.82 Å². The molecule has 0 amide bonds. The molecule has 1 aliphatic heterocycles. The van der Waals surface area contributed by atoms with E-state index in [1.54, 1.807) is 13.1 Å². The predicted molar refractivity (Wildman–Crippen MR) is 106 cm³/mol. The molecule has 152 valence electrons. The molecular weight excluding hydrogens is 395 g/mol. The van der Waals surface area contributed by atoms with Crippen LogP contribution in [0.4, 0.5) is 10.2 Å². The number of hydrogen-bond donors (Lipinski definition) is 0. The van der Waals surface area contributed by atoms with Crippen LogP contribution in [0.25, 0.3) is 5.82 Å². The molecule has 3 aromatic rings. The van der Waals surface area contributed by atoms with E-state index in [-0.39, 0.29) is 4.90 Å². The minimum Gasteiger partial charge on any atom is -0.354 e. The lowest BCUT2D eigenvalue weighted by Crippen LogP contribution is -2.49. The monoisotopic (exact) mass is 416 g/mol. The number of sulfonamides is 1. The van der Waals surface area contributed by atoms with Crippen molar-refractivity contribution in [3.63, 3.8) is 0 Å². The highest BCUT2D eigenvalue weighted by molar-refractivity contribution is 7.89. The lowest BCUT2D eigenvalue weighted by molar-refractivity contribution is 0.383. The lowest BCUT2D eigenvalue weighted by atomic mass is 10.2. The summed E-state index contributed by atoms with van der Waals surface area (Å²) in [4.78, 5) is 14.9. The van der Waals surface area contributed by atoms with Gasteiger partial charge < -0.3 is 4.90 Å². The molecule has 1 saturated heterocycles. The van der Waals surface area contributed by atoms with Crippen LogP contribution in [0.3, 0.4) is 0 Å². The molecule has 0 radical (unpaired) electrons. The summed E-state index contributed by atoms with van der Waals surface area (Å²) in [7, 11) is -3.75. The zero-order valence-electron chi connectivity index (χ0n) is 16.2. The molecule has 0 N–H and O–H groups in total. The fourth-order valence-corrected chi connectivity index (χ4v) is 5.07. The summed E-state index contributed by atoms with van der Waals surface area (Å²) in [5.74, 6) is 1.68. The highest BCUT2D eigenvalue weighted by atomic mass is 32.2. The van der Waals surface area contributed by atoms with E-state index in [9.17, 15) is 12.8 Å². The first kappa shape index (κ1) is 19.5. The number of halogens is 1. The third-order valence-electron chi connectivity index (χ3n) is 5.04. The molecule has 1 fully saturated rings. The molecule has 0 saturated carbocycles. The van der Waals surface area contributed by atoms with Crippen molar-refractivity contribution in [2.45, 2.75) is 18.7 Å². The van der Waals surface area contributed by atoms with Gasteiger partial charge in [0.15, 0.2) is 0 Å². The summed E-state index contributed by atoms with van der Waals surface area (Å²) in [5.41, 5.74) is 0.532. The Kier molecular flexibility index (Phi) is 5.05. The zero-order chi connectivity index (χ0) is 20.6. The van der Waals surface area contributed by atoms with Crippen LogP contribution in [0.2, 0.25) is 0 Å². The second-order valence-electron chi connectivity index (χ2n) is 6.88. The lowest BCUT2D eigenvalue weighted by Gasteiger charge is -2.34. The Morgan fingerprint density at radius 3 is 2.38 bits per heavy atom.